The number of hydrogen-bond donors (Lipinski definition) is 0. The first-order valence-electron chi connectivity index (χ1n) is 3.52. The van der Waals surface area contributed by atoms with Crippen LogP contribution in [-0.2, 0) is 42.2 Å². The third kappa shape index (κ3) is 22.4. The van der Waals surface area contributed by atoms with Gasteiger partial charge in [-0.2, -0.15) is 13.8 Å². The molecule has 0 heterocycles. The fourth-order valence-corrected chi connectivity index (χ4v) is 0.0589. The van der Waals surface area contributed by atoms with E-state index in [2.05, 4.69) is 23.5 Å². The van der Waals surface area contributed by atoms with Crippen LogP contribution in [0.3, 0.4) is 0 Å². The molecular weight excluding hydrogens is 231 g/mol. The van der Waals surface area contributed by atoms with Gasteiger partial charge in [-0.1, -0.05) is 6.47 Å². The fraction of sp³-hybridized carbons (Fsp3) is 0.750. The molecule has 0 aliphatic carbocycles. The van der Waals surface area contributed by atoms with E-state index < -0.39 is 0 Å². The summed E-state index contributed by atoms with van der Waals surface area (Å²) in [6.45, 7) is 7.58. The number of nitrogens with zero attached hydrogens (tertiary/aromatic N) is 1. The van der Waals surface area contributed by atoms with Crippen LogP contribution in [0.4, 0.5) is 0 Å². The molecule has 0 aliphatic heterocycles. The molecule has 3 nitrogen and oxygen atoms in total. The molecule has 0 rings (SSSR count). The van der Waals surface area contributed by atoms with E-state index in [1.54, 1.807) is 6.92 Å². The molecule has 0 saturated heterocycles. The Hall–Kier alpha value is 0.534. The van der Waals surface area contributed by atoms with E-state index in [9.17, 15) is 0 Å². The van der Waals surface area contributed by atoms with Crippen molar-refractivity contribution in [2.45, 2.75) is 20.8 Å². The Morgan fingerprint density at radius 2 is 1.75 bits per heavy atom. The van der Waals surface area contributed by atoms with E-state index in [0.29, 0.717) is 6.61 Å². The van der Waals surface area contributed by atoms with Crippen LogP contribution in [0.2, 0.25) is 0 Å². The Kier molecular flexibility index (Phi) is 21.5. The van der Waals surface area contributed by atoms with E-state index >= 15 is 0 Å². The Bertz CT molecular complexity index is 81.1. The zero-order valence-corrected chi connectivity index (χ0v) is 11.4. The molecule has 4 heteroatoms. The van der Waals surface area contributed by atoms with Crippen molar-refractivity contribution in [3.05, 3.63) is 6.04 Å². The summed E-state index contributed by atoms with van der Waals surface area (Å²) < 4.78 is 4.03. The molecule has 0 aromatic rings. The zero-order chi connectivity index (χ0) is 9.28. The number of ether oxygens (including phenoxy) is 1. The molecule has 0 fully saturated rings. The van der Waals surface area contributed by atoms with Gasteiger partial charge in [0.2, 0.25) is 0 Å². The molecule has 0 amide bonds. The van der Waals surface area contributed by atoms with Gasteiger partial charge in [-0.15, -0.1) is 0 Å². The summed E-state index contributed by atoms with van der Waals surface area (Å²) in [4.78, 5) is 11.1. The quantitative estimate of drug-likeness (QED) is 0.703. The van der Waals surface area contributed by atoms with Gasteiger partial charge in [-0.25, -0.2) is 0 Å². The van der Waals surface area contributed by atoms with Crippen molar-refractivity contribution >= 4 is 6.47 Å². The van der Waals surface area contributed by atoms with Crippen LogP contribution in [0.1, 0.15) is 20.8 Å². The summed E-state index contributed by atoms with van der Waals surface area (Å²) in [5.74, 6) is 0. The molecule has 0 spiro atoms. The molecule has 0 N–H and O–H groups in total. The molecule has 0 aromatic heterocycles. The maximum Gasteiger partial charge on any atom is 0.0451 e. The van der Waals surface area contributed by atoms with Gasteiger partial charge in [0.05, 0.1) is 0 Å². The molecule has 0 aliphatic rings. The summed E-state index contributed by atoms with van der Waals surface area (Å²) in [6, 6.07) is 1.34. The first-order chi connectivity index (χ1) is 5.06. The predicted octanol–water partition coefficient (Wildman–Crippen LogP) is 1.21. The third-order valence-corrected chi connectivity index (χ3v) is 1.10. The fourth-order valence-electron chi connectivity index (χ4n) is 0.0589. The van der Waals surface area contributed by atoms with E-state index in [1.165, 1.54) is 12.5 Å². The minimum absolute atomic E-state index is 0. The zero-order valence-electron chi connectivity index (χ0n) is 8.55. The predicted molar refractivity (Wildman–Crippen MR) is 45.6 cm³/mol. The van der Waals surface area contributed by atoms with E-state index in [-0.39, 0.29) is 32.7 Å². The van der Waals surface area contributed by atoms with Gasteiger partial charge in [0, 0.05) is 39.3 Å². The van der Waals surface area contributed by atoms with Crippen molar-refractivity contribution in [3.8, 4) is 0 Å². The van der Waals surface area contributed by atoms with Crippen LogP contribution in [0.25, 0.3) is 0 Å². The number of rotatable bonds is 3. The van der Waals surface area contributed by atoms with Crippen molar-refractivity contribution in [2.24, 2.45) is 0 Å². The second kappa shape index (κ2) is 14.1. The molecule has 0 unspecified atom stereocenters. The average Bonchev–Trinajstić information content (AvgIpc) is 1.90. The van der Waals surface area contributed by atoms with Gasteiger partial charge in [-0.3, -0.25) is 6.04 Å². The van der Waals surface area contributed by atoms with Crippen molar-refractivity contribution in [2.75, 3.05) is 20.7 Å². The van der Waals surface area contributed by atoms with Crippen LogP contribution in [0.15, 0.2) is 0 Å². The summed E-state index contributed by atoms with van der Waals surface area (Å²) in [6.07, 6.45) is 0. The Morgan fingerprint density at radius 1 is 1.42 bits per heavy atom. The number of carbonyl (C=O) groups excluding carboxylic acids is 1. The summed E-state index contributed by atoms with van der Waals surface area (Å²) in [5, 5.41) is 0. The summed E-state index contributed by atoms with van der Waals surface area (Å²) in [7, 11) is 4.07. The van der Waals surface area contributed by atoms with Crippen molar-refractivity contribution in [1.82, 2.24) is 4.90 Å². The van der Waals surface area contributed by atoms with Gasteiger partial charge >= 0.3 is 0 Å². The Morgan fingerprint density at radius 3 is 1.75 bits per heavy atom. The monoisotopic (exact) mass is 248 g/mol. The van der Waals surface area contributed by atoms with Crippen LogP contribution in [0.5, 0.6) is 0 Å². The molecule has 0 atom stereocenters. The van der Waals surface area contributed by atoms with Gasteiger partial charge in [0.1, 0.15) is 0 Å². The molecule has 0 aromatic carbocycles. The van der Waals surface area contributed by atoms with E-state index in [0.717, 1.165) is 0 Å². The molecule has 0 bridgehead atoms. The number of hydrogen-bond acceptors (Lipinski definition) is 3. The van der Waals surface area contributed by atoms with Crippen molar-refractivity contribution in [1.29, 1.82) is 0 Å². The van der Waals surface area contributed by atoms with Gasteiger partial charge in [0.15, 0.2) is 0 Å². The molecule has 12 heavy (non-hydrogen) atoms. The maximum absolute atomic E-state index is 9.06. The molecule has 1 radical (unpaired) electrons. The van der Waals surface area contributed by atoms with Crippen LogP contribution < -0.4 is 0 Å². The van der Waals surface area contributed by atoms with Crippen LogP contribution in [0, 0.1) is 6.04 Å². The minimum Gasteiger partial charge on any atom is -0.653 e. The largest absolute Gasteiger partial charge is 0.653 e. The topological polar surface area (TPSA) is 29.5 Å². The molecular formula is C8H17NO2Y-2. The van der Waals surface area contributed by atoms with Crippen LogP contribution in [-0.4, -0.2) is 32.1 Å². The Labute approximate surface area is 101 Å². The first-order valence-corrected chi connectivity index (χ1v) is 3.52. The van der Waals surface area contributed by atoms with E-state index in [1.807, 2.05) is 14.1 Å². The van der Waals surface area contributed by atoms with Gasteiger partial charge < -0.3 is 14.4 Å². The summed E-state index contributed by atoms with van der Waals surface area (Å²) >= 11 is 0. The average molecular weight is 248 g/mol. The molecule has 0 saturated carbocycles. The first kappa shape index (κ1) is 18.3. The Balaban J connectivity index is -0.000000126. The standard InChI is InChI=1S/C5H12N.C3H5O2.Y/c1-5(2)6(3)4;1-2-5-3-4;/h1-4H3;2H2,1H3;/q2*-1;. The smallest absolute Gasteiger partial charge is 0.0451 e. The van der Waals surface area contributed by atoms with Crippen LogP contribution >= 0.6 is 0 Å². The SMILES string of the molecule is CCO[C-]=O.C[C-](C)N(C)C.[Y]. The maximum atomic E-state index is 9.06. The van der Waals surface area contributed by atoms with Gasteiger partial charge in [-0.05, 0) is 21.0 Å². The minimum atomic E-state index is 0. The van der Waals surface area contributed by atoms with Gasteiger partial charge in [0.25, 0.3) is 0 Å². The third-order valence-electron chi connectivity index (χ3n) is 1.10. The molecule has 71 valence electrons. The second-order valence-electron chi connectivity index (χ2n) is 2.36. The van der Waals surface area contributed by atoms with Crippen molar-refractivity contribution < 1.29 is 42.2 Å². The normalized spacial score (nSPS) is 8.25. The van der Waals surface area contributed by atoms with E-state index in [4.69, 9.17) is 4.79 Å². The summed E-state index contributed by atoms with van der Waals surface area (Å²) in [5.41, 5.74) is 0. The van der Waals surface area contributed by atoms with Crippen molar-refractivity contribution in [3.63, 3.8) is 0 Å². The second-order valence-corrected chi connectivity index (χ2v) is 2.36.